The topological polar surface area (TPSA) is 72.2 Å². The number of pyridine rings is 1. The standard InChI is InChI=1S/C16H19N7/c1-21(2)15-4-6-19-16(20-15)23-9-7-22(8-10-23)14-12-18-5-3-13(14)11-17/h3-6,12H,7-10H2,1-2H3. The summed E-state index contributed by atoms with van der Waals surface area (Å²) in [7, 11) is 3.94. The molecular formula is C16H19N7. The predicted octanol–water partition coefficient (Wildman–Crippen LogP) is 1.14. The van der Waals surface area contributed by atoms with Crippen LogP contribution < -0.4 is 14.7 Å². The van der Waals surface area contributed by atoms with E-state index in [2.05, 4.69) is 30.8 Å². The van der Waals surface area contributed by atoms with Gasteiger partial charge in [0.25, 0.3) is 0 Å². The lowest BCUT2D eigenvalue weighted by Gasteiger charge is -2.36. The molecule has 2 aromatic heterocycles. The van der Waals surface area contributed by atoms with E-state index in [1.165, 1.54) is 0 Å². The zero-order valence-electron chi connectivity index (χ0n) is 13.3. The van der Waals surface area contributed by atoms with Crippen molar-refractivity contribution in [3.8, 4) is 6.07 Å². The number of piperazine rings is 1. The third-order valence-electron chi connectivity index (χ3n) is 3.91. The van der Waals surface area contributed by atoms with Crippen molar-refractivity contribution in [1.82, 2.24) is 15.0 Å². The van der Waals surface area contributed by atoms with Crippen molar-refractivity contribution in [2.75, 3.05) is 55.0 Å². The predicted molar refractivity (Wildman–Crippen MR) is 89.7 cm³/mol. The van der Waals surface area contributed by atoms with Gasteiger partial charge in [0.05, 0.1) is 17.4 Å². The summed E-state index contributed by atoms with van der Waals surface area (Å²) in [5, 5.41) is 9.22. The van der Waals surface area contributed by atoms with Crippen molar-refractivity contribution >= 4 is 17.5 Å². The summed E-state index contributed by atoms with van der Waals surface area (Å²) < 4.78 is 0. The second-order valence-corrected chi connectivity index (χ2v) is 5.59. The lowest BCUT2D eigenvalue weighted by molar-refractivity contribution is 0.638. The van der Waals surface area contributed by atoms with Crippen molar-refractivity contribution in [2.24, 2.45) is 0 Å². The molecule has 1 aliphatic heterocycles. The summed E-state index contributed by atoms with van der Waals surface area (Å²) in [6.07, 6.45) is 5.20. The highest BCUT2D eigenvalue weighted by Gasteiger charge is 2.21. The summed E-state index contributed by atoms with van der Waals surface area (Å²) in [6.45, 7) is 3.26. The molecule has 2 aromatic rings. The summed E-state index contributed by atoms with van der Waals surface area (Å²) in [5.41, 5.74) is 1.57. The monoisotopic (exact) mass is 309 g/mol. The van der Waals surface area contributed by atoms with Gasteiger partial charge in [0.2, 0.25) is 5.95 Å². The van der Waals surface area contributed by atoms with Gasteiger partial charge >= 0.3 is 0 Å². The molecule has 0 aliphatic carbocycles. The van der Waals surface area contributed by atoms with E-state index in [0.29, 0.717) is 5.56 Å². The normalized spacial score (nSPS) is 14.5. The van der Waals surface area contributed by atoms with Gasteiger partial charge in [0.15, 0.2) is 0 Å². The van der Waals surface area contributed by atoms with Crippen LogP contribution in [0.3, 0.4) is 0 Å². The van der Waals surface area contributed by atoms with Crippen LogP contribution in [-0.4, -0.2) is 55.2 Å². The molecule has 3 heterocycles. The maximum atomic E-state index is 9.22. The fourth-order valence-electron chi connectivity index (χ4n) is 2.62. The molecule has 1 aliphatic rings. The number of hydrogen-bond acceptors (Lipinski definition) is 7. The second kappa shape index (κ2) is 6.48. The average Bonchev–Trinajstić information content (AvgIpc) is 2.62. The second-order valence-electron chi connectivity index (χ2n) is 5.59. The molecule has 0 bridgehead atoms. The molecule has 7 nitrogen and oxygen atoms in total. The Balaban J connectivity index is 1.71. The number of hydrogen-bond donors (Lipinski definition) is 0. The Morgan fingerprint density at radius 1 is 1.09 bits per heavy atom. The molecule has 1 fully saturated rings. The molecule has 0 amide bonds. The van der Waals surface area contributed by atoms with E-state index in [9.17, 15) is 5.26 Å². The molecule has 118 valence electrons. The highest BCUT2D eigenvalue weighted by atomic mass is 15.3. The van der Waals surface area contributed by atoms with Crippen LogP contribution in [0.4, 0.5) is 17.5 Å². The fraction of sp³-hybridized carbons (Fsp3) is 0.375. The lowest BCUT2D eigenvalue weighted by atomic mass is 10.2. The molecule has 0 N–H and O–H groups in total. The third-order valence-corrected chi connectivity index (χ3v) is 3.91. The molecule has 0 spiro atoms. The van der Waals surface area contributed by atoms with Gasteiger partial charge in [-0.15, -0.1) is 0 Å². The first kappa shape index (κ1) is 15.0. The van der Waals surface area contributed by atoms with Crippen LogP contribution in [0, 0.1) is 11.3 Å². The zero-order valence-corrected chi connectivity index (χ0v) is 13.3. The Hall–Kier alpha value is -2.88. The number of rotatable bonds is 3. The Bertz CT molecular complexity index is 714. The highest BCUT2D eigenvalue weighted by molar-refractivity contribution is 5.58. The number of aromatic nitrogens is 3. The smallest absolute Gasteiger partial charge is 0.227 e. The van der Waals surface area contributed by atoms with Gasteiger partial charge in [-0.3, -0.25) is 4.98 Å². The molecule has 0 aromatic carbocycles. The Labute approximate surface area is 135 Å². The van der Waals surface area contributed by atoms with Gasteiger partial charge in [0, 0.05) is 52.7 Å². The third kappa shape index (κ3) is 3.16. The molecule has 3 rings (SSSR count). The summed E-state index contributed by atoms with van der Waals surface area (Å²) >= 11 is 0. The minimum Gasteiger partial charge on any atom is -0.366 e. The minimum atomic E-state index is 0.666. The largest absolute Gasteiger partial charge is 0.366 e. The Morgan fingerprint density at radius 2 is 1.83 bits per heavy atom. The van der Waals surface area contributed by atoms with Crippen molar-refractivity contribution in [3.05, 3.63) is 36.3 Å². The first-order valence-corrected chi connectivity index (χ1v) is 7.53. The summed E-state index contributed by atoms with van der Waals surface area (Å²) in [6, 6.07) is 5.88. The minimum absolute atomic E-state index is 0.666. The van der Waals surface area contributed by atoms with Gasteiger partial charge in [0.1, 0.15) is 11.9 Å². The summed E-state index contributed by atoms with van der Waals surface area (Å²) in [4.78, 5) is 19.4. The van der Waals surface area contributed by atoms with Gasteiger partial charge in [-0.2, -0.15) is 10.2 Å². The molecule has 0 radical (unpaired) electrons. The molecule has 0 atom stereocenters. The highest BCUT2D eigenvalue weighted by Crippen LogP contribution is 2.21. The van der Waals surface area contributed by atoms with Crippen LogP contribution >= 0.6 is 0 Å². The van der Waals surface area contributed by atoms with E-state index >= 15 is 0 Å². The van der Waals surface area contributed by atoms with E-state index in [0.717, 1.165) is 43.6 Å². The molecule has 7 heteroatoms. The van der Waals surface area contributed by atoms with E-state index in [-0.39, 0.29) is 0 Å². The Morgan fingerprint density at radius 3 is 2.52 bits per heavy atom. The molecule has 0 unspecified atom stereocenters. The maximum absolute atomic E-state index is 9.22. The zero-order chi connectivity index (χ0) is 16.2. The van der Waals surface area contributed by atoms with Crippen molar-refractivity contribution in [3.63, 3.8) is 0 Å². The van der Waals surface area contributed by atoms with Crippen LogP contribution in [0.1, 0.15) is 5.56 Å². The van der Waals surface area contributed by atoms with Gasteiger partial charge < -0.3 is 14.7 Å². The van der Waals surface area contributed by atoms with Crippen molar-refractivity contribution < 1.29 is 0 Å². The van der Waals surface area contributed by atoms with Crippen LogP contribution in [0.15, 0.2) is 30.7 Å². The van der Waals surface area contributed by atoms with Crippen LogP contribution in [0.5, 0.6) is 0 Å². The first-order valence-electron chi connectivity index (χ1n) is 7.53. The fourth-order valence-corrected chi connectivity index (χ4v) is 2.62. The molecule has 1 saturated heterocycles. The van der Waals surface area contributed by atoms with Gasteiger partial charge in [-0.1, -0.05) is 0 Å². The van der Waals surface area contributed by atoms with E-state index in [1.807, 2.05) is 25.1 Å². The van der Waals surface area contributed by atoms with E-state index in [1.54, 1.807) is 24.7 Å². The molecule has 0 saturated carbocycles. The number of nitriles is 1. The van der Waals surface area contributed by atoms with Crippen LogP contribution in [0.2, 0.25) is 0 Å². The number of nitrogens with zero attached hydrogens (tertiary/aromatic N) is 7. The lowest BCUT2D eigenvalue weighted by Crippen LogP contribution is -2.47. The van der Waals surface area contributed by atoms with E-state index in [4.69, 9.17) is 0 Å². The van der Waals surface area contributed by atoms with Crippen LogP contribution in [0.25, 0.3) is 0 Å². The molecular weight excluding hydrogens is 290 g/mol. The first-order chi connectivity index (χ1) is 11.2. The van der Waals surface area contributed by atoms with Crippen LogP contribution in [-0.2, 0) is 0 Å². The quantitative estimate of drug-likeness (QED) is 0.841. The number of anilines is 3. The van der Waals surface area contributed by atoms with Gasteiger partial charge in [-0.25, -0.2) is 4.98 Å². The Kier molecular flexibility index (Phi) is 4.24. The summed E-state index contributed by atoms with van der Waals surface area (Å²) in [5.74, 6) is 1.65. The van der Waals surface area contributed by atoms with E-state index < -0.39 is 0 Å². The van der Waals surface area contributed by atoms with Gasteiger partial charge in [-0.05, 0) is 12.1 Å². The SMILES string of the molecule is CN(C)c1ccnc(N2CCN(c3cnccc3C#N)CC2)n1. The van der Waals surface area contributed by atoms with Crippen molar-refractivity contribution in [2.45, 2.75) is 0 Å². The van der Waals surface area contributed by atoms with Crippen molar-refractivity contribution in [1.29, 1.82) is 5.26 Å². The average molecular weight is 309 g/mol. The maximum Gasteiger partial charge on any atom is 0.227 e. The molecule has 23 heavy (non-hydrogen) atoms.